The number of carbonyl (C=O) groups excluding carboxylic acids is 1. The average molecular weight is 592 g/mol. The molecule has 0 spiro atoms. The molecule has 0 aliphatic carbocycles. The van der Waals surface area contributed by atoms with Gasteiger partial charge in [0.2, 0.25) is 5.91 Å². The predicted octanol–water partition coefficient (Wildman–Crippen LogP) is 3.36. The Labute approximate surface area is 230 Å². The highest BCUT2D eigenvalue weighted by Crippen LogP contribution is 2.37. The number of nitrogens with one attached hydrogen (secondary N) is 1. The number of anilines is 1. The summed E-state index contributed by atoms with van der Waals surface area (Å²) in [4.78, 5) is 41.3. The molecule has 0 aliphatic rings. The molecule has 0 unspecified atom stereocenters. The zero-order chi connectivity index (χ0) is 30.6. The van der Waals surface area contributed by atoms with E-state index < -0.39 is 46.3 Å². The van der Waals surface area contributed by atoms with Crippen LogP contribution in [0.1, 0.15) is 11.1 Å². The number of hydrogen-bond donors (Lipinski definition) is 1. The van der Waals surface area contributed by atoms with Gasteiger partial charge in [-0.25, -0.2) is 14.5 Å². The third-order valence-corrected chi connectivity index (χ3v) is 6.33. The van der Waals surface area contributed by atoms with Gasteiger partial charge in [0.15, 0.2) is 11.2 Å². The fourth-order valence-electron chi connectivity index (χ4n) is 4.19. The summed E-state index contributed by atoms with van der Waals surface area (Å²) in [6.45, 7) is -0.295. The van der Waals surface area contributed by atoms with E-state index in [1.165, 1.54) is 60.0 Å². The molecule has 17 heteroatoms. The summed E-state index contributed by atoms with van der Waals surface area (Å²) in [6.07, 6.45) is -7.60. The van der Waals surface area contributed by atoms with Crippen LogP contribution < -0.4 is 16.6 Å². The van der Waals surface area contributed by atoms with Gasteiger partial charge in [0, 0.05) is 25.3 Å². The van der Waals surface area contributed by atoms with Gasteiger partial charge in [0.25, 0.3) is 5.56 Å². The van der Waals surface area contributed by atoms with Gasteiger partial charge >= 0.3 is 18.0 Å². The van der Waals surface area contributed by atoms with E-state index in [0.29, 0.717) is 23.4 Å². The second-order valence-electron chi connectivity index (χ2n) is 9.19. The lowest BCUT2D eigenvalue weighted by molar-refractivity contribution is -0.143. The summed E-state index contributed by atoms with van der Waals surface area (Å²) >= 11 is 0. The summed E-state index contributed by atoms with van der Waals surface area (Å²) in [5.74, 6) is -0.520. The van der Waals surface area contributed by atoms with Crippen molar-refractivity contribution in [2.24, 2.45) is 14.1 Å². The lowest BCUT2D eigenvalue weighted by atomic mass is 10.1. The average Bonchev–Trinajstić information content (AvgIpc) is 3.58. The van der Waals surface area contributed by atoms with Gasteiger partial charge in [0.1, 0.15) is 12.2 Å². The van der Waals surface area contributed by atoms with Crippen molar-refractivity contribution in [2.45, 2.75) is 18.9 Å². The van der Waals surface area contributed by atoms with Crippen LogP contribution in [0.2, 0.25) is 0 Å². The first-order valence-corrected chi connectivity index (χ1v) is 11.9. The van der Waals surface area contributed by atoms with Gasteiger partial charge in [-0.15, -0.1) is 5.10 Å². The normalized spacial score (nSPS) is 12.2. The fourth-order valence-corrected chi connectivity index (χ4v) is 4.19. The minimum Gasteiger partial charge on any atom is -0.325 e. The maximum absolute atomic E-state index is 13.2. The van der Waals surface area contributed by atoms with Crippen LogP contribution in [0.5, 0.6) is 0 Å². The van der Waals surface area contributed by atoms with Crippen LogP contribution in [0.15, 0.2) is 64.6 Å². The van der Waals surface area contributed by atoms with Crippen LogP contribution in [-0.4, -0.2) is 39.6 Å². The number of fused-ring (bicyclic) bond motifs is 1. The van der Waals surface area contributed by atoms with Crippen molar-refractivity contribution >= 4 is 22.8 Å². The monoisotopic (exact) mass is 592 g/mol. The van der Waals surface area contributed by atoms with Crippen LogP contribution in [-0.2, 0) is 37.8 Å². The van der Waals surface area contributed by atoms with E-state index in [4.69, 9.17) is 0 Å². The number of alkyl halides is 6. The molecule has 3 heterocycles. The molecular formula is C25H18F6N8O3. The highest BCUT2D eigenvalue weighted by molar-refractivity contribution is 5.91. The van der Waals surface area contributed by atoms with Crippen LogP contribution in [0.3, 0.4) is 0 Å². The molecule has 1 N–H and O–H groups in total. The molecule has 5 aromatic rings. The Kier molecular flexibility index (Phi) is 6.74. The number of halogens is 6. The highest BCUT2D eigenvalue weighted by atomic mass is 19.4. The molecule has 0 atom stereocenters. The number of aryl methyl sites for hydroxylation is 1. The van der Waals surface area contributed by atoms with Crippen molar-refractivity contribution in [1.29, 1.82) is 0 Å². The van der Waals surface area contributed by atoms with Gasteiger partial charge in [-0.3, -0.25) is 18.7 Å². The van der Waals surface area contributed by atoms with Crippen molar-refractivity contribution in [1.82, 2.24) is 33.7 Å². The van der Waals surface area contributed by atoms with Gasteiger partial charge in [-0.1, -0.05) is 17.3 Å². The summed E-state index contributed by atoms with van der Waals surface area (Å²) in [5, 5.41) is 10.2. The SMILES string of the molecule is Cn1c(=O)c2c(ncn2CC(=O)Nc2ccc(-c3cn(-c4cc(C(F)(F)F)cc(C(F)(F)F)c4)nn3)cc2)n(C)c1=O. The number of nitrogens with zero attached hydrogens (tertiary/aromatic N) is 7. The van der Waals surface area contributed by atoms with Crippen LogP contribution in [0.25, 0.3) is 28.1 Å². The Morgan fingerprint density at radius 3 is 2.12 bits per heavy atom. The van der Waals surface area contributed by atoms with E-state index in [-0.39, 0.29) is 29.5 Å². The van der Waals surface area contributed by atoms with Crippen molar-refractivity contribution < 1.29 is 31.1 Å². The van der Waals surface area contributed by atoms with E-state index in [2.05, 4.69) is 20.6 Å². The molecule has 0 bridgehead atoms. The van der Waals surface area contributed by atoms with E-state index in [1.807, 2.05) is 0 Å². The largest absolute Gasteiger partial charge is 0.416 e. The van der Waals surface area contributed by atoms with Gasteiger partial charge < -0.3 is 9.88 Å². The van der Waals surface area contributed by atoms with Gasteiger partial charge in [0.05, 0.1) is 29.3 Å². The molecule has 0 saturated carbocycles. The molecule has 0 radical (unpaired) electrons. The second kappa shape index (κ2) is 10.0. The van der Waals surface area contributed by atoms with Crippen molar-refractivity contribution in [3.05, 3.63) is 87.0 Å². The minimum absolute atomic E-state index is 0.0194. The standard InChI is InChI=1S/C25H18F6N8O3/c1-36-21-20(22(41)37(2)23(36)42)38(12-32-21)11-19(40)33-16-5-3-13(4-6-16)18-10-39(35-34-18)17-8-14(24(26,27)28)7-15(9-17)25(29,30)31/h3-10,12H,11H2,1-2H3,(H,33,40). The molecule has 218 valence electrons. The number of rotatable bonds is 5. The number of amides is 1. The number of hydrogen-bond acceptors (Lipinski definition) is 6. The third-order valence-electron chi connectivity index (χ3n) is 6.33. The van der Waals surface area contributed by atoms with Crippen molar-refractivity contribution in [3.63, 3.8) is 0 Å². The minimum atomic E-state index is -5.02. The van der Waals surface area contributed by atoms with Crippen molar-refractivity contribution in [2.75, 3.05) is 5.32 Å². The first-order valence-electron chi connectivity index (χ1n) is 11.9. The second-order valence-corrected chi connectivity index (χ2v) is 9.19. The van der Waals surface area contributed by atoms with E-state index in [9.17, 15) is 40.7 Å². The van der Waals surface area contributed by atoms with Gasteiger partial charge in [-0.2, -0.15) is 26.3 Å². The predicted molar refractivity (Wildman–Crippen MR) is 136 cm³/mol. The molecule has 3 aromatic heterocycles. The van der Waals surface area contributed by atoms with Gasteiger partial charge in [-0.05, 0) is 30.3 Å². The Morgan fingerprint density at radius 1 is 0.905 bits per heavy atom. The maximum atomic E-state index is 13.2. The molecule has 11 nitrogen and oxygen atoms in total. The third kappa shape index (κ3) is 5.27. The molecule has 0 saturated heterocycles. The zero-order valence-corrected chi connectivity index (χ0v) is 21.5. The smallest absolute Gasteiger partial charge is 0.325 e. The molecule has 0 fully saturated rings. The Morgan fingerprint density at radius 2 is 1.52 bits per heavy atom. The van der Waals surface area contributed by atoms with E-state index >= 15 is 0 Å². The quantitative estimate of drug-likeness (QED) is 0.313. The molecule has 42 heavy (non-hydrogen) atoms. The maximum Gasteiger partial charge on any atom is 0.416 e. The lowest BCUT2D eigenvalue weighted by Gasteiger charge is -2.13. The van der Waals surface area contributed by atoms with Crippen LogP contribution >= 0.6 is 0 Å². The molecule has 1 amide bonds. The molecular weight excluding hydrogens is 574 g/mol. The first-order chi connectivity index (χ1) is 19.6. The molecule has 2 aromatic carbocycles. The fraction of sp³-hybridized carbons (Fsp3) is 0.200. The Balaban J connectivity index is 1.34. The summed E-state index contributed by atoms with van der Waals surface area (Å²) < 4.78 is 83.5. The summed E-state index contributed by atoms with van der Waals surface area (Å²) in [5.41, 5.74) is -3.56. The Hall–Kier alpha value is -5.22. The summed E-state index contributed by atoms with van der Waals surface area (Å²) in [6, 6.07) is 7.09. The summed E-state index contributed by atoms with van der Waals surface area (Å²) in [7, 11) is 2.75. The van der Waals surface area contributed by atoms with Crippen molar-refractivity contribution in [3.8, 4) is 16.9 Å². The zero-order valence-electron chi connectivity index (χ0n) is 21.5. The lowest BCUT2D eigenvalue weighted by Crippen LogP contribution is -2.37. The number of aromatic nitrogens is 7. The van der Waals surface area contributed by atoms with Crippen LogP contribution in [0.4, 0.5) is 32.0 Å². The van der Waals surface area contributed by atoms with E-state index in [0.717, 1.165) is 9.25 Å². The highest BCUT2D eigenvalue weighted by Gasteiger charge is 2.37. The molecule has 5 rings (SSSR count). The molecule has 0 aliphatic heterocycles. The number of imidazole rings is 1. The van der Waals surface area contributed by atoms with Crippen LogP contribution in [0, 0.1) is 0 Å². The topological polar surface area (TPSA) is 122 Å². The number of carbonyl (C=O) groups is 1. The number of benzene rings is 2. The van der Waals surface area contributed by atoms with E-state index in [1.54, 1.807) is 0 Å². The Bertz CT molecular complexity index is 1920. The first kappa shape index (κ1) is 28.3.